The van der Waals surface area contributed by atoms with Gasteiger partial charge in [0.15, 0.2) is 0 Å². The van der Waals surface area contributed by atoms with E-state index in [1.54, 1.807) is 12.4 Å². The molecule has 0 aliphatic heterocycles. The third kappa shape index (κ3) is 3.98. The molecule has 2 rings (SSSR count). The smallest absolute Gasteiger partial charge is 0.251 e. The van der Waals surface area contributed by atoms with E-state index in [2.05, 4.69) is 20.6 Å². The quantitative estimate of drug-likeness (QED) is 0.815. The lowest BCUT2D eigenvalue weighted by atomic mass is 10.2. The second-order valence-electron chi connectivity index (χ2n) is 3.93. The first-order valence-electron chi connectivity index (χ1n) is 5.89. The van der Waals surface area contributed by atoms with Gasteiger partial charge in [-0.3, -0.25) is 9.78 Å². The maximum Gasteiger partial charge on any atom is 0.251 e. The SMILES string of the molecule is O=C(NCCNc1cnccn1)c1cc(F)cc(F)c1. The van der Waals surface area contributed by atoms with E-state index in [0.717, 1.165) is 12.1 Å². The second kappa shape index (κ2) is 6.55. The lowest BCUT2D eigenvalue weighted by Gasteiger charge is -2.07. The largest absolute Gasteiger partial charge is 0.367 e. The normalized spacial score (nSPS) is 10.1. The predicted molar refractivity (Wildman–Crippen MR) is 69.2 cm³/mol. The molecule has 0 atom stereocenters. The summed E-state index contributed by atoms with van der Waals surface area (Å²) >= 11 is 0. The topological polar surface area (TPSA) is 66.9 Å². The van der Waals surface area contributed by atoms with Gasteiger partial charge in [0.2, 0.25) is 0 Å². The fourth-order valence-corrected chi connectivity index (χ4v) is 1.54. The Bertz CT molecular complexity index is 572. The molecule has 0 radical (unpaired) electrons. The maximum atomic E-state index is 13.0. The van der Waals surface area contributed by atoms with Crippen molar-refractivity contribution in [1.29, 1.82) is 0 Å². The number of amides is 1. The summed E-state index contributed by atoms with van der Waals surface area (Å²) in [7, 11) is 0. The highest BCUT2D eigenvalue weighted by atomic mass is 19.1. The van der Waals surface area contributed by atoms with E-state index in [0.29, 0.717) is 18.4 Å². The molecular formula is C13H12F2N4O. The van der Waals surface area contributed by atoms with Crippen LogP contribution in [0.4, 0.5) is 14.6 Å². The molecule has 2 N–H and O–H groups in total. The fraction of sp³-hybridized carbons (Fsp3) is 0.154. The highest BCUT2D eigenvalue weighted by Crippen LogP contribution is 2.07. The summed E-state index contributed by atoms with van der Waals surface area (Å²) in [5, 5.41) is 5.48. The lowest BCUT2D eigenvalue weighted by Crippen LogP contribution is -2.29. The monoisotopic (exact) mass is 278 g/mol. The average Bonchev–Trinajstić information content (AvgIpc) is 2.43. The number of hydrogen-bond donors (Lipinski definition) is 2. The van der Waals surface area contributed by atoms with E-state index in [1.807, 2.05) is 0 Å². The third-order valence-corrected chi connectivity index (χ3v) is 2.40. The van der Waals surface area contributed by atoms with Gasteiger partial charge in [0, 0.05) is 37.1 Å². The molecule has 1 amide bonds. The molecule has 1 aromatic carbocycles. The minimum Gasteiger partial charge on any atom is -0.367 e. The standard InChI is InChI=1S/C13H12F2N4O/c14-10-5-9(6-11(15)7-10)13(20)19-4-3-18-12-8-16-1-2-17-12/h1-2,5-8H,3-4H2,(H,17,18)(H,19,20). The lowest BCUT2D eigenvalue weighted by molar-refractivity contribution is 0.0954. The van der Waals surface area contributed by atoms with Crippen LogP contribution in [0, 0.1) is 11.6 Å². The van der Waals surface area contributed by atoms with Gasteiger partial charge in [-0.05, 0) is 12.1 Å². The highest BCUT2D eigenvalue weighted by molar-refractivity contribution is 5.94. The van der Waals surface area contributed by atoms with Crippen LogP contribution in [0.25, 0.3) is 0 Å². The molecule has 0 fully saturated rings. The van der Waals surface area contributed by atoms with Crippen molar-refractivity contribution in [3.63, 3.8) is 0 Å². The van der Waals surface area contributed by atoms with E-state index < -0.39 is 17.5 Å². The number of carbonyl (C=O) groups is 1. The molecule has 20 heavy (non-hydrogen) atoms. The van der Waals surface area contributed by atoms with Crippen LogP contribution < -0.4 is 10.6 Å². The first-order valence-corrected chi connectivity index (χ1v) is 5.89. The van der Waals surface area contributed by atoms with Gasteiger partial charge < -0.3 is 10.6 Å². The van der Waals surface area contributed by atoms with Gasteiger partial charge in [0.05, 0.1) is 6.20 Å². The minimum absolute atomic E-state index is 0.0537. The molecule has 0 saturated heterocycles. The number of rotatable bonds is 5. The van der Waals surface area contributed by atoms with Gasteiger partial charge in [-0.1, -0.05) is 0 Å². The van der Waals surface area contributed by atoms with Crippen LogP contribution >= 0.6 is 0 Å². The Labute approximate surface area is 114 Å². The number of anilines is 1. The van der Waals surface area contributed by atoms with Crippen LogP contribution in [-0.4, -0.2) is 29.0 Å². The number of carbonyl (C=O) groups excluding carboxylic acids is 1. The average molecular weight is 278 g/mol. The highest BCUT2D eigenvalue weighted by Gasteiger charge is 2.08. The number of hydrogen-bond acceptors (Lipinski definition) is 4. The van der Waals surface area contributed by atoms with Crippen molar-refractivity contribution in [2.45, 2.75) is 0 Å². The Morgan fingerprint density at radius 1 is 1.10 bits per heavy atom. The number of nitrogens with one attached hydrogen (secondary N) is 2. The fourth-order valence-electron chi connectivity index (χ4n) is 1.54. The number of benzene rings is 1. The summed E-state index contributed by atoms with van der Waals surface area (Å²) in [5.41, 5.74) is -0.0537. The van der Waals surface area contributed by atoms with Crippen LogP contribution in [0.2, 0.25) is 0 Å². The molecule has 0 spiro atoms. The van der Waals surface area contributed by atoms with Crippen molar-refractivity contribution in [2.75, 3.05) is 18.4 Å². The summed E-state index contributed by atoms with van der Waals surface area (Å²) in [6.45, 7) is 0.704. The zero-order valence-electron chi connectivity index (χ0n) is 10.4. The Hall–Kier alpha value is -2.57. The molecule has 5 nitrogen and oxygen atoms in total. The first kappa shape index (κ1) is 13.9. The Balaban J connectivity index is 1.80. The minimum atomic E-state index is -0.784. The van der Waals surface area contributed by atoms with Gasteiger partial charge in [0.1, 0.15) is 17.5 Å². The molecule has 7 heteroatoms. The zero-order chi connectivity index (χ0) is 14.4. The van der Waals surface area contributed by atoms with E-state index in [9.17, 15) is 13.6 Å². The van der Waals surface area contributed by atoms with Crippen molar-refractivity contribution in [1.82, 2.24) is 15.3 Å². The molecular weight excluding hydrogens is 266 g/mol. The van der Waals surface area contributed by atoms with E-state index in [1.165, 1.54) is 6.20 Å². The molecule has 0 aliphatic rings. The molecule has 0 unspecified atom stereocenters. The van der Waals surface area contributed by atoms with Crippen LogP contribution in [0.1, 0.15) is 10.4 Å². The van der Waals surface area contributed by atoms with Crippen LogP contribution in [-0.2, 0) is 0 Å². The third-order valence-electron chi connectivity index (χ3n) is 2.40. The molecule has 104 valence electrons. The van der Waals surface area contributed by atoms with Crippen LogP contribution in [0.5, 0.6) is 0 Å². The van der Waals surface area contributed by atoms with Crippen LogP contribution in [0.15, 0.2) is 36.8 Å². The summed E-state index contributed by atoms with van der Waals surface area (Å²) in [6, 6.07) is 2.68. The second-order valence-corrected chi connectivity index (χ2v) is 3.93. The molecule has 0 saturated carbocycles. The molecule has 2 aromatic rings. The van der Waals surface area contributed by atoms with Crippen molar-refractivity contribution < 1.29 is 13.6 Å². The number of nitrogens with zero attached hydrogens (tertiary/aromatic N) is 2. The molecule has 1 heterocycles. The number of halogens is 2. The first-order chi connectivity index (χ1) is 9.65. The zero-order valence-corrected chi connectivity index (χ0v) is 10.4. The van der Waals surface area contributed by atoms with Crippen LogP contribution in [0.3, 0.4) is 0 Å². The van der Waals surface area contributed by atoms with Gasteiger partial charge in [-0.2, -0.15) is 0 Å². The van der Waals surface area contributed by atoms with Gasteiger partial charge >= 0.3 is 0 Å². The molecule has 1 aromatic heterocycles. The Morgan fingerprint density at radius 2 is 1.85 bits per heavy atom. The summed E-state index contributed by atoms with van der Waals surface area (Å²) in [4.78, 5) is 19.5. The number of aromatic nitrogens is 2. The summed E-state index contributed by atoms with van der Waals surface area (Å²) in [5.74, 6) is -1.52. The molecule has 0 bridgehead atoms. The van der Waals surface area contributed by atoms with Gasteiger partial charge in [0.25, 0.3) is 5.91 Å². The van der Waals surface area contributed by atoms with Gasteiger partial charge in [-0.25, -0.2) is 13.8 Å². The van der Waals surface area contributed by atoms with Crippen molar-refractivity contribution in [2.24, 2.45) is 0 Å². The maximum absolute atomic E-state index is 13.0. The summed E-state index contributed by atoms with van der Waals surface area (Å²) in [6.07, 6.45) is 4.63. The van der Waals surface area contributed by atoms with Crippen molar-refractivity contribution in [3.8, 4) is 0 Å². The van der Waals surface area contributed by atoms with Crippen molar-refractivity contribution >= 4 is 11.7 Å². The van der Waals surface area contributed by atoms with E-state index in [-0.39, 0.29) is 12.1 Å². The Kier molecular flexibility index (Phi) is 4.54. The molecule has 0 aliphatic carbocycles. The van der Waals surface area contributed by atoms with Gasteiger partial charge in [-0.15, -0.1) is 0 Å². The van der Waals surface area contributed by atoms with E-state index >= 15 is 0 Å². The predicted octanol–water partition coefficient (Wildman–Crippen LogP) is 1.60. The van der Waals surface area contributed by atoms with E-state index in [4.69, 9.17) is 0 Å². The Morgan fingerprint density at radius 3 is 2.50 bits per heavy atom. The van der Waals surface area contributed by atoms with Crippen molar-refractivity contribution in [3.05, 3.63) is 54.0 Å². The summed E-state index contributed by atoms with van der Waals surface area (Å²) < 4.78 is 25.9.